The van der Waals surface area contributed by atoms with E-state index in [2.05, 4.69) is 88.9 Å². The van der Waals surface area contributed by atoms with Crippen LogP contribution in [0.1, 0.15) is 44.5 Å². The molecule has 0 amide bonds. The van der Waals surface area contributed by atoms with Crippen LogP contribution in [-0.4, -0.2) is 4.98 Å². The minimum atomic E-state index is 0.953. The molecule has 0 fully saturated rings. The van der Waals surface area contributed by atoms with Crippen molar-refractivity contribution in [3.63, 3.8) is 0 Å². The molecule has 0 radical (unpaired) electrons. The fourth-order valence-electron chi connectivity index (χ4n) is 7.25. The molecule has 0 saturated carbocycles. The van der Waals surface area contributed by atoms with Crippen LogP contribution in [0, 0.1) is 0 Å². The van der Waals surface area contributed by atoms with E-state index in [1.807, 2.05) is 6.20 Å². The summed E-state index contributed by atoms with van der Waals surface area (Å²) >= 11 is 0. The molecule has 2 heteroatoms. The van der Waals surface area contributed by atoms with Gasteiger partial charge in [0.05, 0.1) is 17.1 Å². The molecule has 4 aromatic carbocycles. The summed E-state index contributed by atoms with van der Waals surface area (Å²) in [4.78, 5) is 7.06. The molecule has 5 aromatic rings. The summed E-state index contributed by atoms with van der Waals surface area (Å²) in [6.07, 6.45) is 8.03. The largest absolute Gasteiger partial charge is 0.309 e. The van der Waals surface area contributed by atoms with Gasteiger partial charge in [-0.25, -0.2) is 0 Å². The minimum absolute atomic E-state index is 0.953. The number of pyridine rings is 1. The molecule has 0 N–H and O–H groups in total. The molecule has 0 bridgehead atoms. The van der Waals surface area contributed by atoms with Gasteiger partial charge in [-0.2, -0.15) is 0 Å². The predicted molar refractivity (Wildman–Crippen MR) is 141 cm³/mol. The number of benzene rings is 4. The average Bonchev–Trinajstić information content (AvgIpc) is 3.46. The van der Waals surface area contributed by atoms with E-state index in [-0.39, 0.29) is 0 Å². The second-order valence-electron chi connectivity index (χ2n) is 10.4. The topological polar surface area (TPSA) is 16.1 Å². The Morgan fingerprint density at radius 2 is 1.26 bits per heavy atom. The SMILES string of the molecule is c1ccc2c(c1)Cc1ccc3c(c1-2)Cc1c2c(cc4c1N3c1ccncc1C4)Cc1ccccc1-2. The van der Waals surface area contributed by atoms with Crippen LogP contribution >= 0.6 is 0 Å². The highest BCUT2D eigenvalue weighted by Gasteiger charge is 2.38. The summed E-state index contributed by atoms with van der Waals surface area (Å²) in [5.41, 5.74) is 21.5. The molecule has 2 nitrogen and oxygen atoms in total. The van der Waals surface area contributed by atoms with Gasteiger partial charge in [-0.15, -0.1) is 0 Å². The Labute approximate surface area is 204 Å². The lowest BCUT2D eigenvalue weighted by Crippen LogP contribution is -2.26. The first-order valence-electron chi connectivity index (χ1n) is 12.6. The lowest BCUT2D eigenvalue weighted by Gasteiger charge is -2.41. The molecule has 3 heterocycles. The number of rotatable bonds is 0. The van der Waals surface area contributed by atoms with E-state index in [0.29, 0.717) is 0 Å². The second-order valence-corrected chi connectivity index (χ2v) is 10.4. The predicted octanol–water partition coefficient (Wildman–Crippen LogP) is 7.50. The summed E-state index contributed by atoms with van der Waals surface area (Å²) in [5, 5.41) is 0. The summed E-state index contributed by atoms with van der Waals surface area (Å²) < 4.78 is 0. The fourth-order valence-corrected chi connectivity index (χ4v) is 7.25. The van der Waals surface area contributed by atoms with E-state index in [4.69, 9.17) is 0 Å². The third kappa shape index (κ3) is 2.23. The van der Waals surface area contributed by atoms with Crippen molar-refractivity contribution in [1.29, 1.82) is 0 Å². The van der Waals surface area contributed by atoms with Crippen molar-refractivity contribution in [2.75, 3.05) is 4.90 Å². The molecule has 2 aliphatic heterocycles. The zero-order valence-corrected chi connectivity index (χ0v) is 19.3. The van der Waals surface area contributed by atoms with Gasteiger partial charge in [-0.05, 0) is 91.7 Å². The maximum atomic E-state index is 4.50. The lowest BCUT2D eigenvalue weighted by molar-refractivity contribution is 0.996. The Morgan fingerprint density at radius 3 is 2.09 bits per heavy atom. The first-order valence-corrected chi connectivity index (χ1v) is 12.6. The Bertz CT molecular complexity index is 1760. The number of nitrogens with zero attached hydrogens (tertiary/aromatic N) is 2. The molecule has 0 atom stereocenters. The first-order chi connectivity index (χ1) is 17.3. The van der Waals surface area contributed by atoms with Crippen molar-refractivity contribution < 1.29 is 0 Å². The molecular weight excluding hydrogens is 424 g/mol. The van der Waals surface area contributed by atoms with Gasteiger partial charge in [0.15, 0.2) is 0 Å². The van der Waals surface area contributed by atoms with Crippen LogP contribution in [0.2, 0.25) is 0 Å². The van der Waals surface area contributed by atoms with Crippen LogP contribution in [0.4, 0.5) is 17.1 Å². The maximum Gasteiger partial charge on any atom is 0.0539 e. The number of fused-ring (bicyclic) bond motifs is 12. The molecule has 164 valence electrons. The molecule has 35 heavy (non-hydrogen) atoms. The van der Waals surface area contributed by atoms with Crippen molar-refractivity contribution in [3.8, 4) is 22.3 Å². The highest BCUT2D eigenvalue weighted by atomic mass is 15.2. The van der Waals surface area contributed by atoms with Gasteiger partial charge >= 0.3 is 0 Å². The molecule has 0 unspecified atom stereocenters. The Morgan fingerprint density at radius 1 is 0.543 bits per heavy atom. The van der Waals surface area contributed by atoms with E-state index in [1.165, 1.54) is 83.8 Å². The number of hydrogen-bond donors (Lipinski definition) is 0. The monoisotopic (exact) mass is 446 g/mol. The van der Waals surface area contributed by atoms with Gasteiger partial charge in [0.25, 0.3) is 0 Å². The smallest absolute Gasteiger partial charge is 0.0539 e. The van der Waals surface area contributed by atoms with E-state index >= 15 is 0 Å². The molecule has 1 aromatic heterocycles. The van der Waals surface area contributed by atoms with E-state index < -0.39 is 0 Å². The van der Waals surface area contributed by atoms with E-state index in [9.17, 15) is 0 Å². The van der Waals surface area contributed by atoms with Gasteiger partial charge in [-0.3, -0.25) is 4.98 Å². The summed E-state index contributed by atoms with van der Waals surface area (Å²) in [5.74, 6) is 0. The maximum absolute atomic E-state index is 4.50. The van der Waals surface area contributed by atoms with Gasteiger partial charge in [0.2, 0.25) is 0 Å². The van der Waals surface area contributed by atoms with Crippen LogP contribution < -0.4 is 4.90 Å². The average molecular weight is 447 g/mol. The summed E-state index contributed by atoms with van der Waals surface area (Å²) in [7, 11) is 0. The second kappa shape index (κ2) is 6.28. The highest BCUT2D eigenvalue weighted by Crippen LogP contribution is 2.57. The third-order valence-electron chi connectivity index (χ3n) is 8.59. The van der Waals surface area contributed by atoms with Crippen LogP contribution in [0.15, 0.2) is 85.2 Å². The van der Waals surface area contributed by atoms with Crippen molar-refractivity contribution in [3.05, 3.63) is 130 Å². The molecule has 9 rings (SSSR count). The molecule has 0 spiro atoms. The van der Waals surface area contributed by atoms with Crippen LogP contribution in [0.5, 0.6) is 0 Å². The highest BCUT2D eigenvalue weighted by molar-refractivity contribution is 5.98. The third-order valence-corrected chi connectivity index (χ3v) is 8.59. The quantitative estimate of drug-likeness (QED) is 0.240. The summed E-state index contributed by atoms with van der Waals surface area (Å²) in [6.45, 7) is 0. The fraction of sp³-hybridized carbons (Fsp3) is 0.121. The van der Waals surface area contributed by atoms with Crippen molar-refractivity contribution >= 4 is 17.1 Å². The number of aromatic nitrogens is 1. The van der Waals surface area contributed by atoms with E-state index in [0.717, 1.165) is 25.7 Å². The van der Waals surface area contributed by atoms with Gasteiger partial charge in [0, 0.05) is 25.2 Å². The molecule has 0 saturated heterocycles. The van der Waals surface area contributed by atoms with Crippen LogP contribution in [0.3, 0.4) is 0 Å². The number of hydrogen-bond acceptors (Lipinski definition) is 2. The summed E-state index contributed by atoms with van der Waals surface area (Å²) in [6, 6.07) is 27.5. The Hall–Kier alpha value is -4.17. The van der Waals surface area contributed by atoms with Crippen molar-refractivity contribution in [2.24, 2.45) is 0 Å². The van der Waals surface area contributed by atoms with Gasteiger partial charge in [0.1, 0.15) is 0 Å². The van der Waals surface area contributed by atoms with Crippen LogP contribution in [0.25, 0.3) is 22.3 Å². The van der Waals surface area contributed by atoms with Gasteiger partial charge in [-0.1, -0.05) is 60.7 Å². The standard InChI is InChI=1S/C33H22N2/c1-3-7-25-19(5-1)13-21-9-10-30-27(31(21)25)17-28-32-22(14-20-6-2-4-8-26(20)32)15-23-16-24-18-34-12-11-29(24)35(30)33(23)28/h1-12,15,18H,13-14,16-17H2. The zero-order chi connectivity index (χ0) is 22.7. The van der Waals surface area contributed by atoms with Crippen LogP contribution in [-0.2, 0) is 25.7 Å². The Balaban J connectivity index is 1.40. The zero-order valence-electron chi connectivity index (χ0n) is 19.3. The minimum Gasteiger partial charge on any atom is -0.309 e. The normalized spacial score (nSPS) is 14.9. The molecular formula is C33H22N2. The van der Waals surface area contributed by atoms with Crippen molar-refractivity contribution in [1.82, 2.24) is 4.98 Å². The van der Waals surface area contributed by atoms with E-state index in [1.54, 1.807) is 0 Å². The molecule has 4 aliphatic rings. The lowest BCUT2D eigenvalue weighted by atomic mass is 9.80. The van der Waals surface area contributed by atoms with Gasteiger partial charge < -0.3 is 4.90 Å². The first kappa shape index (κ1) is 18.2. The van der Waals surface area contributed by atoms with Crippen molar-refractivity contribution in [2.45, 2.75) is 25.7 Å². The number of anilines is 3. The molecule has 2 aliphatic carbocycles. The Kier molecular flexibility index (Phi) is 3.27.